The van der Waals surface area contributed by atoms with E-state index in [0.29, 0.717) is 48.1 Å². The molecule has 2 amide bonds. The molecule has 120 valence electrons. The molecule has 1 N–H and O–H groups in total. The quantitative estimate of drug-likeness (QED) is 0.899. The summed E-state index contributed by atoms with van der Waals surface area (Å²) in [5.41, 5.74) is 0.604. The number of rotatable bonds is 4. The molecule has 6 heteroatoms. The molecule has 0 bridgehead atoms. The normalized spacial score (nSPS) is 15.7. The highest BCUT2D eigenvalue weighted by Crippen LogP contribution is 2.24. The van der Waals surface area contributed by atoms with E-state index >= 15 is 0 Å². The third-order valence-electron chi connectivity index (χ3n) is 3.81. The fraction of sp³-hybridized carbons (Fsp3) is 0.500. The summed E-state index contributed by atoms with van der Waals surface area (Å²) in [6.45, 7) is 3.29. The molecule has 0 unspecified atom stereocenters. The van der Waals surface area contributed by atoms with Gasteiger partial charge in [-0.2, -0.15) is 0 Å². The van der Waals surface area contributed by atoms with Crippen LogP contribution in [0.1, 0.15) is 32.6 Å². The molecule has 22 heavy (non-hydrogen) atoms. The zero-order chi connectivity index (χ0) is 16.1. The maximum Gasteiger partial charge on any atom is 0.227 e. The molecule has 0 aromatic heterocycles. The predicted octanol–water partition coefficient (Wildman–Crippen LogP) is 3.97. The number of hydrogen-bond acceptors (Lipinski definition) is 2. The Balaban J connectivity index is 1.88. The van der Waals surface area contributed by atoms with Crippen molar-refractivity contribution in [1.29, 1.82) is 0 Å². The van der Waals surface area contributed by atoms with Gasteiger partial charge in [0.25, 0.3) is 0 Å². The van der Waals surface area contributed by atoms with Gasteiger partial charge >= 0.3 is 0 Å². The van der Waals surface area contributed by atoms with E-state index in [1.807, 2.05) is 11.8 Å². The number of carbonyl (C=O) groups is 2. The second-order valence-electron chi connectivity index (χ2n) is 5.55. The minimum atomic E-state index is -0.0802. The highest BCUT2D eigenvalue weighted by Gasteiger charge is 2.27. The van der Waals surface area contributed by atoms with Gasteiger partial charge in [-0.05, 0) is 37.5 Å². The molecule has 0 saturated carbocycles. The summed E-state index contributed by atoms with van der Waals surface area (Å²) in [4.78, 5) is 26.0. The van der Waals surface area contributed by atoms with Gasteiger partial charge in [-0.1, -0.05) is 30.1 Å². The Morgan fingerprint density at radius 1 is 1.18 bits per heavy atom. The molecule has 1 fully saturated rings. The molecule has 1 aliphatic rings. The minimum absolute atomic E-state index is 0.0408. The van der Waals surface area contributed by atoms with E-state index in [9.17, 15) is 9.59 Å². The van der Waals surface area contributed by atoms with Crippen LogP contribution in [0, 0.1) is 5.92 Å². The van der Waals surface area contributed by atoms with Crippen LogP contribution < -0.4 is 5.32 Å². The first-order chi connectivity index (χ1) is 10.5. The highest BCUT2D eigenvalue weighted by atomic mass is 35.5. The molecule has 0 radical (unpaired) electrons. The number of likely N-dealkylation sites (tertiary alicyclic amines) is 1. The Kier molecular flexibility index (Phi) is 6.09. The third-order valence-corrected chi connectivity index (χ3v) is 4.25. The molecular formula is C16H20Cl2N2O2. The summed E-state index contributed by atoms with van der Waals surface area (Å²) in [7, 11) is 0. The molecular weight excluding hydrogens is 323 g/mol. The van der Waals surface area contributed by atoms with Gasteiger partial charge in [0.15, 0.2) is 0 Å². The van der Waals surface area contributed by atoms with Gasteiger partial charge in [0.2, 0.25) is 11.8 Å². The van der Waals surface area contributed by atoms with Crippen LogP contribution in [0.15, 0.2) is 18.2 Å². The summed E-state index contributed by atoms with van der Waals surface area (Å²) >= 11 is 11.8. The van der Waals surface area contributed by atoms with Gasteiger partial charge in [0, 0.05) is 41.2 Å². The first kappa shape index (κ1) is 17.1. The van der Waals surface area contributed by atoms with Crippen molar-refractivity contribution in [2.45, 2.75) is 32.6 Å². The number of carbonyl (C=O) groups excluding carboxylic acids is 2. The first-order valence-electron chi connectivity index (χ1n) is 7.54. The smallest absolute Gasteiger partial charge is 0.227 e. The Bertz CT molecular complexity index is 535. The zero-order valence-corrected chi connectivity index (χ0v) is 14.1. The van der Waals surface area contributed by atoms with Crippen molar-refractivity contribution in [3.8, 4) is 0 Å². The van der Waals surface area contributed by atoms with Crippen molar-refractivity contribution in [2.75, 3.05) is 18.4 Å². The topological polar surface area (TPSA) is 49.4 Å². The molecule has 1 aromatic carbocycles. The maximum absolute atomic E-state index is 12.3. The van der Waals surface area contributed by atoms with Crippen molar-refractivity contribution < 1.29 is 9.59 Å². The summed E-state index contributed by atoms with van der Waals surface area (Å²) < 4.78 is 0. The lowest BCUT2D eigenvalue weighted by atomic mass is 9.95. The summed E-state index contributed by atoms with van der Waals surface area (Å²) in [5, 5.41) is 3.83. The van der Waals surface area contributed by atoms with Crippen LogP contribution in [0.2, 0.25) is 10.0 Å². The van der Waals surface area contributed by atoms with E-state index in [1.165, 1.54) is 0 Å². The predicted molar refractivity (Wildman–Crippen MR) is 89.3 cm³/mol. The number of amides is 2. The number of hydrogen-bond donors (Lipinski definition) is 1. The van der Waals surface area contributed by atoms with Crippen molar-refractivity contribution in [1.82, 2.24) is 4.90 Å². The Morgan fingerprint density at radius 3 is 2.32 bits per heavy atom. The van der Waals surface area contributed by atoms with E-state index in [4.69, 9.17) is 23.2 Å². The largest absolute Gasteiger partial charge is 0.343 e. The molecule has 0 spiro atoms. The molecule has 0 atom stereocenters. The van der Waals surface area contributed by atoms with Gasteiger partial charge in [-0.15, -0.1) is 0 Å². The lowest BCUT2D eigenvalue weighted by Gasteiger charge is -2.31. The lowest BCUT2D eigenvalue weighted by molar-refractivity contribution is -0.134. The average molecular weight is 343 g/mol. The number of piperidine rings is 1. The van der Waals surface area contributed by atoms with Crippen LogP contribution in [-0.2, 0) is 9.59 Å². The van der Waals surface area contributed by atoms with Crippen molar-refractivity contribution in [3.63, 3.8) is 0 Å². The number of nitrogens with one attached hydrogen (secondary N) is 1. The summed E-state index contributed by atoms with van der Waals surface area (Å²) in [5.74, 6) is 0.0624. The van der Waals surface area contributed by atoms with Crippen molar-refractivity contribution in [2.24, 2.45) is 5.92 Å². The van der Waals surface area contributed by atoms with Crippen LogP contribution in [-0.4, -0.2) is 29.8 Å². The Hall–Kier alpha value is -1.26. The van der Waals surface area contributed by atoms with Crippen LogP contribution in [0.4, 0.5) is 5.69 Å². The van der Waals surface area contributed by atoms with E-state index < -0.39 is 0 Å². The summed E-state index contributed by atoms with van der Waals surface area (Å²) in [6.07, 6.45) is 2.82. The van der Waals surface area contributed by atoms with Crippen LogP contribution in [0.25, 0.3) is 0 Å². The molecule has 4 nitrogen and oxygen atoms in total. The fourth-order valence-electron chi connectivity index (χ4n) is 2.63. The number of benzene rings is 1. The van der Waals surface area contributed by atoms with Gasteiger partial charge in [0.1, 0.15) is 0 Å². The van der Waals surface area contributed by atoms with Crippen molar-refractivity contribution >= 4 is 40.7 Å². The number of anilines is 1. The average Bonchev–Trinajstić information content (AvgIpc) is 2.46. The SMILES string of the molecule is CCCC(=O)N1CCC(C(=O)Nc2cc(Cl)cc(Cl)c2)CC1. The van der Waals surface area contributed by atoms with Crippen LogP contribution in [0.3, 0.4) is 0 Å². The van der Waals surface area contributed by atoms with Crippen LogP contribution >= 0.6 is 23.2 Å². The van der Waals surface area contributed by atoms with Gasteiger partial charge < -0.3 is 10.2 Å². The Labute approximate surface area is 140 Å². The fourth-order valence-corrected chi connectivity index (χ4v) is 3.16. The number of nitrogens with zero attached hydrogens (tertiary/aromatic N) is 1. The molecule has 1 heterocycles. The number of halogens is 2. The zero-order valence-electron chi connectivity index (χ0n) is 12.6. The van der Waals surface area contributed by atoms with E-state index in [-0.39, 0.29) is 17.7 Å². The maximum atomic E-state index is 12.3. The van der Waals surface area contributed by atoms with Gasteiger partial charge in [-0.25, -0.2) is 0 Å². The second-order valence-corrected chi connectivity index (χ2v) is 6.43. The minimum Gasteiger partial charge on any atom is -0.343 e. The molecule has 1 saturated heterocycles. The van der Waals surface area contributed by atoms with Crippen molar-refractivity contribution in [3.05, 3.63) is 28.2 Å². The second kappa shape index (κ2) is 7.84. The monoisotopic (exact) mass is 342 g/mol. The third kappa shape index (κ3) is 4.62. The highest BCUT2D eigenvalue weighted by molar-refractivity contribution is 6.35. The van der Waals surface area contributed by atoms with E-state index in [2.05, 4.69) is 5.32 Å². The first-order valence-corrected chi connectivity index (χ1v) is 8.30. The lowest BCUT2D eigenvalue weighted by Crippen LogP contribution is -2.41. The molecule has 2 rings (SSSR count). The molecule has 0 aliphatic carbocycles. The van der Waals surface area contributed by atoms with Crippen LogP contribution in [0.5, 0.6) is 0 Å². The summed E-state index contributed by atoms with van der Waals surface area (Å²) in [6, 6.07) is 4.97. The van der Waals surface area contributed by atoms with Gasteiger partial charge in [-0.3, -0.25) is 9.59 Å². The van der Waals surface area contributed by atoms with Gasteiger partial charge in [0.05, 0.1) is 0 Å². The Morgan fingerprint density at radius 2 is 1.77 bits per heavy atom. The van der Waals surface area contributed by atoms with E-state index in [0.717, 1.165) is 6.42 Å². The standard InChI is InChI=1S/C16H20Cl2N2O2/c1-2-3-15(21)20-6-4-11(5-7-20)16(22)19-14-9-12(17)8-13(18)10-14/h8-11H,2-7H2,1H3,(H,19,22). The molecule has 1 aliphatic heterocycles. The van der Waals surface area contributed by atoms with E-state index in [1.54, 1.807) is 18.2 Å². The molecule has 1 aromatic rings.